The van der Waals surface area contributed by atoms with Gasteiger partial charge in [0, 0.05) is 44.5 Å². The molecule has 0 aliphatic carbocycles. The van der Waals surface area contributed by atoms with Gasteiger partial charge in [0.2, 0.25) is 17.7 Å². The molecule has 0 bridgehead atoms. The summed E-state index contributed by atoms with van der Waals surface area (Å²) in [5.41, 5.74) is 0.878. The highest BCUT2D eigenvalue weighted by Gasteiger charge is 2.38. The van der Waals surface area contributed by atoms with Crippen LogP contribution >= 0.6 is 7.82 Å². The van der Waals surface area contributed by atoms with Gasteiger partial charge in [0.15, 0.2) is 5.78 Å². The van der Waals surface area contributed by atoms with Crippen molar-refractivity contribution in [3.63, 3.8) is 0 Å². The largest absolute Gasteiger partial charge is 0.496 e. The summed E-state index contributed by atoms with van der Waals surface area (Å²) in [6.07, 6.45) is 0.399. The zero-order valence-corrected chi connectivity index (χ0v) is 26.0. The van der Waals surface area contributed by atoms with E-state index in [1.54, 1.807) is 24.3 Å². The van der Waals surface area contributed by atoms with Gasteiger partial charge >= 0.3 is 7.82 Å². The summed E-state index contributed by atoms with van der Waals surface area (Å²) in [4.78, 5) is 68.8. The first-order valence-corrected chi connectivity index (χ1v) is 15.3. The molecule has 0 saturated carbocycles. The topological polar surface area (TPSA) is 182 Å². The summed E-state index contributed by atoms with van der Waals surface area (Å²) in [6.45, 7) is 4.45. The fourth-order valence-electron chi connectivity index (χ4n) is 4.89. The van der Waals surface area contributed by atoms with Crippen LogP contribution in [-0.4, -0.2) is 85.9 Å². The number of aromatic nitrogens is 1. The Morgan fingerprint density at radius 3 is 2.37 bits per heavy atom. The van der Waals surface area contributed by atoms with Crippen LogP contribution in [0.1, 0.15) is 50.5 Å². The van der Waals surface area contributed by atoms with Crippen molar-refractivity contribution in [2.75, 3.05) is 34.5 Å². The molecule has 4 amide bonds. The van der Waals surface area contributed by atoms with Crippen LogP contribution in [0.5, 0.6) is 5.75 Å². The molecule has 3 atom stereocenters. The number of likely N-dealkylation sites (tertiary alicyclic amines) is 1. The number of methoxy groups -OCH3 is 1. The molecule has 1 saturated heterocycles. The number of aromatic amines is 1. The van der Waals surface area contributed by atoms with E-state index in [2.05, 4.69) is 15.6 Å². The lowest BCUT2D eigenvalue weighted by atomic mass is 9.95. The Morgan fingerprint density at radius 2 is 1.79 bits per heavy atom. The lowest BCUT2D eigenvalue weighted by Gasteiger charge is -2.25. The Labute approximate surface area is 249 Å². The van der Waals surface area contributed by atoms with Gasteiger partial charge in [0.1, 0.15) is 24.1 Å². The molecule has 1 aromatic carbocycles. The average molecular weight is 623 g/mol. The van der Waals surface area contributed by atoms with Crippen molar-refractivity contribution in [3.05, 3.63) is 30.0 Å². The van der Waals surface area contributed by atoms with E-state index in [9.17, 15) is 28.5 Å². The minimum absolute atomic E-state index is 0.0221. The summed E-state index contributed by atoms with van der Waals surface area (Å²) < 4.78 is 32.2. The number of ketones is 1. The second kappa shape index (κ2) is 14.7. The smallest absolute Gasteiger partial charge is 0.474 e. The molecule has 1 aliphatic heterocycles. The number of nitrogens with one attached hydrogen (secondary N) is 3. The number of fused-ring (bicyclic) bond motifs is 1. The lowest BCUT2D eigenvalue weighted by molar-refractivity contribution is -0.142. The zero-order chi connectivity index (χ0) is 31.9. The fourth-order valence-corrected chi connectivity index (χ4v) is 5.53. The Hall–Kier alpha value is -3.58. The average Bonchev–Trinajstić information content (AvgIpc) is 3.58. The number of amides is 4. The van der Waals surface area contributed by atoms with Crippen LogP contribution < -0.4 is 15.4 Å². The first-order chi connectivity index (χ1) is 20.3. The van der Waals surface area contributed by atoms with E-state index in [1.165, 1.54) is 14.0 Å². The maximum Gasteiger partial charge on any atom is 0.474 e. The molecule has 43 heavy (non-hydrogen) atoms. The van der Waals surface area contributed by atoms with Gasteiger partial charge in [-0.3, -0.25) is 42.4 Å². The van der Waals surface area contributed by atoms with E-state index >= 15 is 0 Å². The van der Waals surface area contributed by atoms with Crippen LogP contribution in [0.15, 0.2) is 24.3 Å². The maximum atomic E-state index is 13.6. The third kappa shape index (κ3) is 8.50. The number of carbonyl (C=O) groups excluding carboxylic acids is 5. The van der Waals surface area contributed by atoms with E-state index < -0.39 is 61.8 Å². The lowest BCUT2D eigenvalue weighted by Crippen LogP contribution is -2.53. The van der Waals surface area contributed by atoms with E-state index in [1.807, 2.05) is 13.8 Å². The van der Waals surface area contributed by atoms with Crippen molar-refractivity contribution in [3.8, 4) is 5.75 Å². The number of hydrogen-bond acceptors (Lipinski definition) is 10. The fraction of sp³-hybridized carbons (Fsp3) is 0.536. The molecule has 1 aromatic heterocycles. The molecule has 2 aromatic rings. The van der Waals surface area contributed by atoms with Crippen LogP contribution in [0, 0.1) is 11.8 Å². The quantitative estimate of drug-likeness (QED) is 0.250. The number of H-pyrrole nitrogens is 1. The molecule has 3 N–H and O–H groups in total. The zero-order valence-electron chi connectivity index (χ0n) is 25.1. The van der Waals surface area contributed by atoms with Crippen LogP contribution in [0.3, 0.4) is 0 Å². The number of rotatable bonds is 15. The second-order valence-corrected chi connectivity index (χ2v) is 12.5. The molecule has 1 aliphatic rings. The summed E-state index contributed by atoms with van der Waals surface area (Å²) in [5.74, 6) is -2.96. The standard InChI is InChI=1S/C28H39N4O10P/c1-16(2)12-22(31-27(36)23-14-19-20(29-23)8-7-9-25(19)39-4)26(35)30-21(24(34)15-42-43(38,40-5)41-6)13-18-10-11-32(17(3)33)28(18)37/h7-9,14,16,18,21-22,29H,10-13,15H2,1-6H3,(H,30,35)(H,31,36)/t18-,21-,22-/m0/s1. The van der Waals surface area contributed by atoms with Gasteiger partial charge in [-0.25, -0.2) is 4.57 Å². The maximum absolute atomic E-state index is 13.6. The molecule has 1 fully saturated rings. The van der Waals surface area contributed by atoms with Gasteiger partial charge in [-0.15, -0.1) is 0 Å². The third-order valence-corrected chi connectivity index (χ3v) is 8.49. The highest BCUT2D eigenvalue weighted by molar-refractivity contribution is 7.48. The van der Waals surface area contributed by atoms with E-state index in [4.69, 9.17) is 18.3 Å². The summed E-state index contributed by atoms with van der Waals surface area (Å²) in [7, 11) is -0.316. The molecule has 15 heteroatoms. The van der Waals surface area contributed by atoms with Crippen LogP contribution in [0.25, 0.3) is 10.9 Å². The van der Waals surface area contributed by atoms with Gasteiger partial charge in [-0.2, -0.15) is 0 Å². The Balaban J connectivity index is 1.82. The van der Waals surface area contributed by atoms with E-state index in [0.717, 1.165) is 19.1 Å². The van der Waals surface area contributed by atoms with Crippen LogP contribution in [0.4, 0.5) is 0 Å². The van der Waals surface area contributed by atoms with Crippen molar-refractivity contribution >= 4 is 48.1 Å². The van der Waals surface area contributed by atoms with Gasteiger partial charge in [0.25, 0.3) is 5.91 Å². The molecule has 0 radical (unpaired) electrons. The normalized spacial score (nSPS) is 16.8. The predicted octanol–water partition coefficient (Wildman–Crippen LogP) is 2.58. The summed E-state index contributed by atoms with van der Waals surface area (Å²) in [5, 5.41) is 6.07. The molecule has 2 heterocycles. The SMILES string of the molecule is COc1cccc2[nH]c(C(=O)N[C@@H](CC(C)C)C(=O)N[C@@H](C[C@@H]3CCN(C(C)=O)C3=O)C(=O)COP(=O)(OC)OC)cc12. The Morgan fingerprint density at radius 1 is 1.09 bits per heavy atom. The first-order valence-electron chi connectivity index (χ1n) is 13.8. The molecular weight excluding hydrogens is 583 g/mol. The monoisotopic (exact) mass is 622 g/mol. The first kappa shape index (κ1) is 33.9. The highest BCUT2D eigenvalue weighted by atomic mass is 31.2. The molecule has 0 unspecified atom stereocenters. The number of imide groups is 1. The molecule has 0 spiro atoms. The van der Waals surface area contributed by atoms with Gasteiger partial charge < -0.3 is 20.4 Å². The minimum atomic E-state index is -4.01. The number of nitrogens with zero attached hydrogens (tertiary/aromatic N) is 1. The van der Waals surface area contributed by atoms with Crippen molar-refractivity contribution in [2.24, 2.45) is 11.8 Å². The van der Waals surface area contributed by atoms with Crippen molar-refractivity contribution < 1.29 is 46.8 Å². The number of Topliss-reactive ketones (excluding diaryl/α,β-unsaturated/α-hetero) is 1. The number of hydrogen-bond donors (Lipinski definition) is 3. The Kier molecular flexibility index (Phi) is 11.6. The van der Waals surface area contributed by atoms with E-state index in [0.29, 0.717) is 23.1 Å². The number of carbonyl (C=O) groups is 5. The second-order valence-electron chi connectivity index (χ2n) is 10.6. The number of ether oxygens (including phenoxy) is 1. The molecular formula is C28H39N4O10P. The predicted molar refractivity (Wildman–Crippen MR) is 155 cm³/mol. The van der Waals surface area contributed by atoms with E-state index in [-0.39, 0.29) is 31.0 Å². The molecule has 236 valence electrons. The molecule has 3 rings (SSSR count). The summed E-state index contributed by atoms with van der Waals surface area (Å²) >= 11 is 0. The van der Waals surface area contributed by atoms with Crippen LogP contribution in [0.2, 0.25) is 0 Å². The van der Waals surface area contributed by atoms with Gasteiger partial charge in [0.05, 0.1) is 13.2 Å². The van der Waals surface area contributed by atoms with Crippen LogP contribution in [-0.2, 0) is 37.3 Å². The molecule has 14 nitrogen and oxygen atoms in total. The van der Waals surface area contributed by atoms with Crippen molar-refractivity contribution in [2.45, 2.75) is 52.1 Å². The Bertz CT molecular complexity index is 1400. The number of phosphoric acid groups is 1. The third-order valence-electron chi connectivity index (χ3n) is 7.15. The summed E-state index contributed by atoms with van der Waals surface area (Å²) in [6, 6.07) is 4.63. The highest BCUT2D eigenvalue weighted by Crippen LogP contribution is 2.47. The number of phosphoric ester groups is 1. The van der Waals surface area contributed by atoms with Crippen molar-refractivity contribution in [1.29, 1.82) is 0 Å². The number of benzene rings is 1. The minimum Gasteiger partial charge on any atom is -0.496 e. The van der Waals surface area contributed by atoms with Gasteiger partial charge in [-0.05, 0) is 43.4 Å². The van der Waals surface area contributed by atoms with Gasteiger partial charge in [-0.1, -0.05) is 19.9 Å². The van der Waals surface area contributed by atoms with Crippen molar-refractivity contribution in [1.82, 2.24) is 20.5 Å².